The van der Waals surface area contributed by atoms with Crippen molar-refractivity contribution >= 4 is 45.8 Å². The zero-order valence-corrected chi connectivity index (χ0v) is 27.8. The standard InChI is InChI=1S/C44H50O2/c1-3-5-7-9-15-31-45-37-21-17-19-35(33-37)27-29-43-39-23-11-13-25-41(39)44(42-26-14-12-24-40(42)43)30-28-36-20-18-22-38(34-36)46-32-16-10-8-6-4-2/h11-14,17-30,33-34H,3-10,15-16,31-32H2,1-2H3/b29-27+,30-28+. The number of fused-ring (bicyclic) bond motifs is 2. The Morgan fingerprint density at radius 2 is 0.804 bits per heavy atom. The Morgan fingerprint density at radius 1 is 0.413 bits per heavy atom. The van der Waals surface area contributed by atoms with Gasteiger partial charge >= 0.3 is 0 Å². The van der Waals surface area contributed by atoms with Gasteiger partial charge in [-0.15, -0.1) is 0 Å². The molecule has 2 heteroatoms. The molecule has 2 nitrogen and oxygen atoms in total. The average molecular weight is 611 g/mol. The van der Waals surface area contributed by atoms with Crippen molar-refractivity contribution in [2.24, 2.45) is 0 Å². The Hall–Kier alpha value is -4.30. The van der Waals surface area contributed by atoms with E-state index in [0.29, 0.717) is 0 Å². The molecule has 46 heavy (non-hydrogen) atoms. The molecule has 5 rings (SSSR count). The summed E-state index contributed by atoms with van der Waals surface area (Å²) < 4.78 is 12.2. The Labute approximate surface area is 276 Å². The van der Waals surface area contributed by atoms with Gasteiger partial charge in [0, 0.05) is 0 Å². The summed E-state index contributed by atoms with van der Waals surface area (Å²) in [5.74, 6) is 1.88. The molecule has 0 aliphatic carbocycles. The van der Waals surface area contributed by atoms with Crippen LogP contribution in [-0.4, -0.2) is 13.2 Å². The zero-order chi connectivity index (χ0) is 31.8. The highest BCUT2D eigenvalue weighted by Crippen LogP contribution is 2.35. The van der Waals surface area contributed by atoms with Gasteiger partial charge in [0.15, 0.2) is 0 Å². The average Bonchev–Trinajstić information content (AvgIpc) is 3.09. The summed E-state index contributed by atoms with van der Waals surface area (Å²) in [6.07, 6.45) is 21.4. The van der Waals surface area contributed by atoms with Crippen LogP contribution in [0.5, 0.6) is 11.5 Å². The quantitative estimate of drug-likeness (QED) is 0.0558. The van der Waals surface area contributed by atoms with Crippen molar-refractivity contribution in [2.75, 3.05) is 13.2 Å². The number of unbranched alkanes of at least 4 members (excludes halogenated alkanes) is 8. The van der Waals surface area contributed by atoms with Crippen LogP contribution in [0.2, 0.25) is 0 Å². The molecule has 238 valence electrons. The first kappa shape index (κ1) is 33.1. The first-order chi connectivity index (χ1) is 22.8. The minimum absolute atomic E-state index is 0.775. The van der Waals surface area contributed by atoms with E-state index in [4.69, 9.17) is 9.47 Å². The molecule has 0 heterocycles. The van der Waals surface area contributed by atoms with Gasteiger partial charge in [-0.3, -0.25) is 0 Å². The van der Waals surface area contributed by atoms with Crippen LogP contribution < -0.4 is 9.47 Å². The van der Waals surface area contributed by atoms with E-state index in [1.54, 1.807) is 0 Å². The largest absolute Gasteiger partial charge is 0.494 e. The minimum Gasteiger partial charge on any atom is -0.494 e. The lowest BCUT2D eigenvalue weighted by molar-refractivity contribution is 0.304. The van der Waals surface area contributed by atoms with Crippen molar-refractivity contribution in [3.8, 4) is 11.5 Å². The molecule has 0 amide bonds. The van der Waals surface area contributed by atoms with Crippen molar-refractivity contribution in [3.05, 3.63) is 119 Å². The first-order valence-electron chi connectivity index (χ1n) is 17.5. The zero-order valence-electron chi connectivity index (χ0n) is 27.8. The summed E-state index contributed by atoms with van der Waals surface area (Å²) in [5.41, 5.74) is 4.76. The van der Waals surface area contributed by atoms with Crippen LogP contribution in [0.15, 0.2) is 97.1 Å². The number of hydrogen-bond acceptors (Lipinski definition) is 2. The van der Waals surface area contributed by atoms with E-state index in [0.717, 1.165) is 48.7 Å². The van der Waals surface area contributed by atoms with E-state index < -0.39 is 0 Å². The van der Waals surface area contributed by atoms with Crippen molar-refractivity contribution in [2.45, 2.75) is 78.1 Å². The fourth-order valence-electron chi connectivity index (χ4n) is 6.12. The van der Waals surface area contributed by atoms with Gasteiger partial charge in [0.1, 0.15) is 11.5 Å². The van der Waals surface area contributed by atoms with Crippen LogP contribution >= 0.6 is 0 Å². The van der Waals surface area contributed by atoms with Gasteiger partial charge in [-0.2, -0.15) is 0 Å². The smallest absolute Gasteiger partial charge is 0.119 e. The molecule has 5 aromatic carbocycles. The Kier molecular flexibility index (Phi) is 12.9. The Bertz CT molecular complexity index is 1540. The van der Waals surface area contributed by atoms with E-state index in [9.17, 15) is 0 Å². The van der Waals surface area contributed by atoms with Gasteiger partial charge in [0.2, 0.25) is 0 Å². The van der Waals surface area contributed by atoms with E-state index in [1.807, 2.05) is 0 Å². The molecule has 0 radical (unpaired) electrons. The molecule has 0 aliphatic rings. The van der Waals surface area contributed by atoms with Gasteiger partial charge in [0.25, 0.3) is 0 Å². The van der Waals surface area contributed by atoms with Gasteiger partial charge in [-0.05, 0) is 80.9 Å². The van der Waals surface area contributed by atoms with Gasteiger partial charge < -0.3 is 9.47 Å². The van der Waals surface area contributed by atoms with Crippen LogP contribution in [0, 0.1) is 0 Å². The molecule has 0 N–H and O–H groups in total. The SMILES string of the molecule is CCCCCCCOc1cccc(/C=C/c2c3ccccc3c(/C=C/c3cccc(OCCCCCCC)c3)c3ccccc23)c1. The second-order valence-corrected chi connectivity index (χ2v) is 12.3. The van der Waals surface area contributed by atoms with Crippen LogP contribution in [0.1, 0.15) is 100 Å². The number of ether oxygens (including phenoxy) is 2. The predicted molar refractivity (Wildman–Crippen MR) is 201 cm³/mol. The maximum atomic E-state index is 6.09. The molecule has 0 spiro atoms. The first-order valence-corrected chi connectivity index (χ1v) is 17.5. The summed E-state index contributed by atoms with van der Waals surface area (Å²) in [7, 11) is 0. The lowest BCUT2D eigenvalue weighted by atomic mass is 9.91. The maximum Gasteiger partial charge on any atom is 0.119 e. The van der Waals surface area contributed by atoms with E-state index >= 15 is 0 Å². The molecule has 0 aliphatic heterocycles. The summed E-state index contributed by atoms with van der Waals surface area (Å²) in [5, 5.41) is 4.99. The normalized spacial score (nSPS) is 11.7. The number of hydrogen-bond donors (Lipinski definition) is 0. The monoisotopic (exact) mass is 610 g/mol. The summed E-state index contributed by atoms with van der Waals surface area (Å²) >= 11 is 0. The molecule has 0 fully saturated rings. The number of rotatable bonds is 18. The molecular formula is C44H50O2. The van der Waals surface area contributed by atoms with Crippen molar-refractivity contribution in [1.29, 1.82) is 0 Å². The van der Waals surface area contributed by atoms with E-state index in [1.165, 1.54) is 84.0 Å². The van der Waals surface area contributed by atoms with Crippen molar-refractivity contribution in [3.63, 3.8) is 0 Å². The van der Waals surface area contributed by atoms with Gasteiger partial charge in [-0.25, -0.2) is 0 Å². The van der Waals surface area contributed by atoms with Crippen LogP contribution in [0.25, 0.3) is 45.8 Å². The molecule has 0 unspecified atom stereocenters. The third kappa shape index (κ3) is 9.36. The van der Waals surface area contributed by atoms with Crippen molar-refractivity contribution < 1.29 is 9.47 Å². The summed E-state index contributed by atoms with van der Waals surface area (Å²) in [6, 6.07) is 34.4. The fraction of sp³-hybridized carbons (Fsp3) is 0.318. The molecule has 0 atom stereocenters. The minimum atomic E-state index is 0.775. The van der Waals surface area contributed by atoms with Crippen LogP contribution in [0.3, 0.4) is 0 Å². The summed E-state index contributed by atoms with van der Waals surface area (Å²) in [6.45, 7) is 6.05. The molecule has 0 aromatic heterocycles. The summed E-state index contributed by atoms with van der Waals surface area (Å²) in [4.78, 5) is 0. The van der Waals surface area contributed by atoms with Crippen LogP contribution in [-0.2, 0) is 0 Å². The highest BCUT2D eigenvalue weighted by atomic mass is 16.5. The molecule has 0 saturated heterocycles. The Balaban J connectivity index is 1.37. The fourth-order valence-corrected chi connectivity index (χ4v) is 6.12. The van der Waals surface area contributed by atoms with Crippen molar-refractivity contribution in [1.82, 2.24) is 0 Å². The predicted octanol–water partition coefficient (Wildman–Crippen LogP) is 13.0. The molecular weight excluding hydrogens is 560 g/mol. The number of benzene rings is 5. The molecule has 0 bridgehead atoms. The van der Waals surface area contributed by atoms with Gasteiger partial charge in [0.05, 0.1) is 13.2 Å². The maximum absolute atomic E-state index is 6.09. The third-order valence-electron chi connectivity index (χ3n) is 8.65. The lowest BCUT2D eigenvalue weighted by Crippen LogP contribution is -1.97. The van der Waals surface area contributed by atoms with E-state index in [2.05, 4.69) is 135 Å². The van der Waals surface area contributed by atoms with Crippen LogP contribution in [0.4, 0.5) is 0 Å². The highest BCUT2D eigenvalue weighted by molar-refractivity contribution is 6.14. The van der Waals surface area contributed by atoms with Gasteiger partial charge in [-0.1, -0.05) is 162 Å². The highest BCUT2D eigenvalue weighted by Gasteiger charge is 2.11. The topological polar surface area (TPSA) is 18.5 Å². The van der Waals surface area contributed by atoms with E-state index in [-0.39, 0.29) is 0 Å². The second kappa shape index (κ2) is 18.0. The second-order valence-electron chi connectivity index (χ2n) is 12.3. The molecule has 5 aromatic rings. The third-order valence-corrected chi connectivity index (χ3v) is 8.65. The Morgan fingerprint density at radius 3 is 1.20 bits per heavy atom. The lowest BCUT2D eigenvalue weighted by Gasteiger charge is -2.13. The molecule has 0 saturated carbocycles.